The quantitative estimate of drug-likeness (QED) is 0.741. The number of hydrogen-bond acceptors (Lipinski definition) is 2. The molecule has 0 saturated carbocycles. The molecule has 0 spiro atoms. The molecule has 1 aromatic carbocycles. The van der Waals surface area contributed by atoms with E-state index in [0.29, 0.717) is 11.2 Å². The first-order valence-electron chi connectivity index (χ1n) is 4.71. The number of para-hydroxylation sites is 1. The molecule has 0 unspecified atom stereocenters. The number of nitrogens with one attached hydrogen (secondary N) is 1. The molecular formula is C11H12N2O. The molecule has 0 aliphatic carbocycles. The van der Waals surface area contributed by atoms with Gasteiger partial charge in [0.05, 0.1) is 10.9 Å². The first-order chi connectivity index (χ1) is 6.72. The first-order valence-corrected chi connectivity index (χ1v) is 4.71. The van der Waals surface area contributed by atoms with Crippen LogP contribution in [0, 0.1) is 6.92 Å². The molecule has 0 aliphatic heterocycles. The predicted octanol–water partition coefficient (Wildman–Crippen LogP) is 1.79. The average molecular weight is 188 g/mol. The van der Waals surface area contributed by atoms with Gasteiger partial charge in [-0.05, 0) is 25.0 Å². The van der Waals surface area contributed by atoms with Crippen molar-refractivity contribution in [3.8, 4) is 0 Å². The number of aromatic amines is 1. The van der Waals surface area contributed by atoms with Crippen LogP contribution in [0.2, 0.25) is 0 Å². The fraction of sp³-hybridized carbons (Fsp3) is 0.273. The van der Waals surface area contributed by atoms with Gasteiger partial charge in [-0.25, -0.2) is 4.98 Å². The standard InChI is InChI=1S/C11H12N2O/c1-3-8-5-4-6-9-10(8)12-7(2)13-11(9)14/h4-6H,3H2,1-2H3,(H,12,13,14). The van der Waals surface area contributed by atoms with E-state index in [1.165, 1.54) is 0 Å². The molecule has 1 heterocycles. The highest BCUT2D eigenvalue weighted by Gasteiger charge is 2.04. The fourth-order valence-electron chi connectivity index (χ4n) is 1.62. The lowest BCUT2D eigenvalue weighted by atomic mass is 10.1. The van der Waals surface area contributed by atoms with E-state index in [9.17, 15) is 4.79 Å². The molecule has 0 atom stereocenters. The van der Waals surface area contributed by atoms with Crippen LogP contribution >= 0.6 is 0 Å². The summed E-state index contributed by atoms with van der Waals surface area (Å²) in [4.78, 5) is 18.6. The monoisotopic (exact) mass is 188 g/mol. The molecule has 2 aromatic rings. The van der Waals surface area contributed by atoms with E-state index in [2.05, 4.69) is 16.9 Å². The number of aryl methyl sites for hydroxylation is 2. The van der Waals surface area contributed by atoms with Gasteiger partial charge in [0.2, 0.25) is 0 Å². The van der Waals surface area contributed by atoms with E-state index < -0.39 is 0 Å². The molecule has 0 bridgehead atoms. The highest BCUT2D eigenvalue weighted by molar-refractivity contribution is 5.80. The van der Waals surface area contributed by atoms with E-state index >= 15 is 0 Å². The minimum absolute atomic E-state index is 0.0530. The van der Waals surface area contributed by atoms with Gasteiger partial charge in [0, 0.05) is 0 Å². The highest BCUT2D eigenvalue weighted by atomic mass is 16.1. The molecule has 0 amide bonds. The van der Waals surface area contributed by atoms with Crippen LogP contribution in [-0.4, -0.2) is 9.97 Å². The smallest absolute Gasteiger partial charge is 0.258 e. The summed E-state index contributed by atoms with van der Waals surface area (Å²) in [6.07, 6.45) is 0.896. The SMILES string of the molecule is CCc1cccc2c(=O)[nH]c(C)nc12. The Bertz CT molecular complexity index is 528. The Morgan fingerprint density at radius 3 is 2.93 bits per heavy atom. The number of aromatic nitrogens is 2. The Morgan fingerprint density at radius 1 is 1.43 bits per heavy atom. The third-order valence-electron chi connectivity index (χ3n) is 2.32. The Kier molecular flexibility index (Phi) is 2.08. The van der Waals surface area contributed by atoms with E-state index in [0.717, 1.165) is 17.5 Å². The van der Waals surface area contributed by atoms with Gasteiger partial charge in [0.25, 0.3) is 5.56 Å². The normalized spacial score (nSPS) is 10.7. The highest BCUT2D eigenvalue weighted by Crippen LogP contribution is 2.13. The molecule has 72 valence electrons. The van der Waals surface area contributed by atoms with Gasteiger partial charge in [-0.1, -0.05) is 19.1 Å². The van der Waals surface area contributed by atoms with Gasteiger partial charge in [-0.3, -0.25) is 4.79 Å². The number of fused-ring (bicyclic) bond motifs is 1. The molecule has 0 saturated heterocycles. The lowest BCUT2D eigenvalue weighted by Gasteiger charge is -2.02. The maximum atomic E-state index is 11.6. The Hall–Kier alpha value is -1.64. The van der Waals surface area contributed by atoms with E-state index in [1.54, 1.807) is 13.0 Å². The van der Waals surface area contributed by atoms with Crippen LogP contribution in [0.5, 0.6) is 0 Å². The summed E-state index contributed by atoms with van der Waals surface area (Å²) in [7, 11) is 0. The van der Waals surface area contributed by atoms with Crippen molar-refractivity contribution in [3.05, 3.63) is 39.9 Å². The fourth-order valence-corrected chi connectivity index (χ4v) is 1.62. The Labute approximate surface area is 81.8 Å². The Morgan fingerprint density at radius 2 is 2.21 bits per heavy atom. The summed E-state index contributed by atoms with van der Waals surface area (Å²) in [6.45, 7) is 3.86. The van der Waals surface area contributed by atoms with E-state index in [4.69, 9.17) is 0 Å². The topological polar surface area (TPSA) is 45.8 Å². The van der Waals surface area contributed by atoms with Crippen LogP contribution in [0.1, 0.15) is 18.3 Å². The van der Waals surface area contributed by atoms with Gasteiger partial charge in [0.1, 0.15) is 5.82 Å². The van der Waals surface area contributed by atoms with Gasteiger partial charge >= 0.3 is 0 Å². The molecule has 0 radical (unpaired) electrons. The van der Waals surface area contributed by atoms with Crippen LogP contribution in [-0.2, 0) is 6.42 Å². The third-order valence-corrected chi connectivity index (χ3v) is 2.32. The minimum atomic E-state index is -0.0530. The molecule has 1 aromatic heterocycles. The lowest BCUT2D eigenvalue weighted by molar-refractivity contribution is 1.04. The summed E-state index contributed by atoms with van der Waals surface area (Å²) in [6, 6.07) is 5.71. The minimum Gasteiger partial charge on any atom is -0.310 e. The van der Waals surface area contributed by atoms with Gasteiger partial charge in [-0.15, -0.1) is 0 Å². The number of benzene rings is 1. The maximum Gasteiger partial charge on any atom is 0.258 e. The molecule has 2 rings (SSSR count). The average Bonchev–Trinajstić information content (AvgIpc) is 2.17. The van der Waals surface area contributed by atoms with Crippen molar-refractivity contribution in [2.24, 2.45) is 0 Å². The molecule has 14 heavy (non-hydrogen) atoms. The van der Waals surface area contributed by atoms with Crippen LogP contribution in [0.4, 0.5) is 0 Å². The zero-order valence-corrected chi connectivity index (χ0v) is 8.29. The summed E-state index contributed by atoms with van der Waals surface area (Å²) >= 11 is 0. The first kappa shape index (κ1) is 8.94. The predicted molar refractivity (Wildman–Crippen MR) is 56.5 cm³/mol. The van der Waals surface area contributed by atoms with Crippen molar-refractivity contribution in [3.63, 3.8) is 0 Å². The molecule has 3 nitrogen and oxygen atoms in total. The second-order valence-corrected chi connectivity index (χ2v) is 3.32. The van der Waals surface area contributed by atoms with Gasteiger partial charge in [0.15, 0.2) is 0 Å². The molecule has 0 aliphatic rings. The molecule has 1 N–H and O–H groups in total. The third kappa shape index (κ3) is 1.31. The van der Waals surface area contributed by atoms with Gasteiger partial charge < -0.3 is 4.98 Å². The van der Waals surface area contributed by atoms with Crippen molar-refractivity contribution >= 4 is 10.9 Å². The zero-order chi connectivity index (χ0) is 10.1. The largest absolute Gasteiger partial charge is 0.310 e. The van der Waals surface area contributed by atoms with Crippen LogP contribution in [0.15, 0.2) is 23.0 Å². The molecular weight excluding hydrogens is 176 g/mol. The maximum absolute atomic E-state index is 11.6. The second kappa shape index (κ2) is 3.25. The van der Waals surface area contributed by atoms with E-state index in [1.807, 2.05) is 12.1 Å². The number of rotatable bonds is 1. The van der Waals surface area contributed by atoms with Crippen molar-refractivity contribution in [1.29, 1.82) is 0 Å². The van der Waals surface area contributed by atoms with Crippen LogP contribution < -0.4 is 5.56 Å². The number of hydrogen-bond donors (Lipinski definition) is 1. The summed E-state index contributed by atoms with van der Waals surface area (Å²) < 4.78 is 0. The second-order valence-electron chi connectivity index (χ2n) is 3.32. The lowest BCUT2D eigenvalue weighted by Crippen LogP contribution is -2.10. The molecule has 3 heteroatoms. The van der Waals surface area contributed by atoms with Crippen molar-refractivity contribution in [2.75, 3.05) is 0 Å². The van der Waals surface area contributed by atoms with Crippen LogP contribution in [0.25, 0.3) is 10.9 Å². The summed E-state index contributed by atoms with van der Waals surface area (Å²) in [5.41, 5.74) is 1.90. The van der Waals surface area contributed by atoms with Crippen LogP contribution in [0.3, 0.4) is 0 Å². The Balaban J connectivity index is 2.94. The summed E-state index contributed by atoms with van der Waals surface area (Å²) in [5, 5.41) is 0.676. The van der Waals surface area contributed by atoms with Crippen molar-refractivity contribution in [1.82, 2.24) is 9.97 Å². The van der Waals surface area contributed by atoms with Crippen molar-refractivity contribution in [2.45, 2.75) is 20.3 Å². The molecule has 0 fully saturated rings. The van der Waals surface area contributed by atoms with Crippen molar-refractivity contribution < 1.29 is 0 Å². The summed E-state index contributed by atoms with van der Waals surface area (Å²) in [5.74, 6) is 0.670. The van der Waals surface area contributed by atoms with Gasteiger partial charge in [-0.2, -0.15) is 0 Å². The number of nitrogens with zero attached hydrogens (tertiary/aromatic N) is 1. The van der Waals surface area contributed by atoms with E-state index in [-0.39, 0.29) is 5.56 Å². The zero-order valence-electron chi connectivity index (χ0n) is 8.29. The number of H-pyrrole nitrogens is 1.